The van der Waals surface area contributed by atoms with E-state index in [1.807, 2.05) is 35.7 Å². The summed E-state index contributed by atoms with van der Waals surface area (Å²) in [6, 6.07) is 10.8. The van der Waals surface area contributed by atoms with Crippen molar-refractivity contribution in [3.05, 3.63) is 46.9 Å². The number of benzene rings is 1. The van der Waals surface area contributed by atoms with E-state index in [4.69, 9.17) is 21.8 Å². The molecular formula is C20H20ClN5O5S2. The number of hydrogen-bond acceptors (Lipinski definition) is 9. The Morgan fingerprint density at radius 3 is 2.88 bits per heavy atom. The predicted octanol–water partition coefficient (Wildman–Crippen LogP) is 2.01. The molecule has 1 saturated carbocycles. The normalized spacial score (nSPS) is 23.5. The Morgan fingerprint density at radius 1 is 1.27 bits per heavy atom. The number of halogens is 1. The molecule has 1 aromatic carbocycles. The van der Waals surface area contributed by atoms with Crippen molar-refractivity contribution in [2.45, 2.75) is 24.7 Å². The Balaban J connectivity index is 1.46. The highest BCUT2D eigenvalue weighted by atomic mass is 35.5. The fraction of sp³-hybridized carbons (Fsp3) is 0.300. The second-order valence-electron chi connectivity index (χ2n) is 7.91. The van der Waals surface area contributed by atoms with Gasteiger partial charge in [0.2, 0.25) is 0 Å². The Labute approximate surface area is 197 Å². The van der Waals surface area contributed by atoms with Gasteiger partial charge in [-0.25, -0.2) is 10.1 Å². The summed E-state index contributed by atoms with van der Waals surface area (Å²) in [5.74, 6) is -0.160. The molecule has 1 fully saturated rings. The molecule has 0 radical (unpaired) electrons. The first kappa shape index (κ1) is 22.5. The van der Waals surface area contributed by atoms with Crippen LogP contribution in [0.5, 0.6) is 0 Å². The van der Waals surface area contributed by atoms with Crippen LogP contribution < -0.4 is 10.5 Å². The topological polar surface area (TPSA) is 152 Å². The third kappa shape index (κ3) is 4.43. The Hall–Kier alpha value is -2.32. The summed E-state index contributed by atoms with van der Waals surface area (Å²) in [6.07, 6.45) is -2.13. The molecule has 1 aliphatic carbocycles. The second kappa shape index (κ2) is 8.47. The lowest BCUT2D eigenvalue weighted by Gasteiger charge is -2.19. The van der Waals surface area contributed by atoms with Gasteiger partial charge in [-0.1, -0.05) is 29.8 Å². The molecule has 4 atom stereocenters. The zero-order chi connectivity index (χ0) is 23.3. The molecule has 0 saturated heterocycles. The number of rotatable bonds is 6. The van der Waals surface area contributed by atoms with E-state index in [0.29, 0.717) is 17.2 Å². The minimum atomic E-state index is -4.15. The summed E-state index contributed by atoms with van der Waals surface area (Å²) in [5.41, 5.74) is 2.19. The molecule has 0 aliphatic heterocycles. The van der Waals surface area contributed by atoms with Gasteiger partial charge in [0.15, 0.2) is 5.65 Å². The van der Waals surface area contributed by atoms with Gasteiger partial charge in [-0.05, 0) is 23.3 Å². The Morgan fingerprint density at radius 2 is 2.09 bits per heavy atom. The minimum absolute atomic E-state index is 0.230. The largest absolute Gasteiger partial charge is 0.390 e. The maximum absolute atomic E-state index is 11.1. The maximum atomic E-state index is 11.1. The van der Waals surface area contributed by atoms with Gasteiger partial charge in [-0.15, -0.1) is 11.3 Å². The standard InChI is InChI=1S/C20H20ClN5O5S2/c21-15-8-17(23-14-6-11(18(27)19(14)28)9-31-33(22,29)30)26-16(24-15)7-13(25-26)12-3-1-2-10-4-5-32-20(10)12/h1-5,7-8,11,14,18-19,23,27-28H,6,9H2,(H2,22,29,30)/t11-,14-,18-,19+/m1/s1. The van der Waals surface area contributed by atoms with Crippen LogP contribution >= 0.6 is 22.9 Å². The molecule has 10 nitrogen and oxygen atoms in total. The van der Waals surface area contributed by atoms with Crippen LogP contribution in [0.15, 0.2) is 41.8 Å². The highest BCUT2D eigenvalue weighted by Crippen LogP contribution is 2.34. The van der Waals surface area contributed by atoms with Crippen LogP contribution in [0.3, 0.4) is 0 Å². The quantitative estimate of drug-likeness (QED) is 0.288. The molecule has 0 spiro atoms. The van der Waals surface area contributed by atoms with Crippen molar-refractivity contribution in [3.63, 3.8) is 0 Å². The summed E-state index contributed by atoms with van der Waals surface area (Å²) in [7, 11) is -4.15. The molecule has 174 valence electrons. The van der Waals surface area contributed by atoms with E-state index in [1.165, 1.54) is 0 Å². The van der Waals surface area contributed by atoms with Gasteiger partial charge < -0.3 is 15.5 Å². The van der Waals surface area contributed by atoms with Crippen LogP contribution in [-0.2, 0) is 14.5 Å². The molecule has 3 aromatic heterocycles. The van der Waals surface area contributed by atoms with Crippen LogP contribution in [0, 0.1) is 5.92 Å². The molecule has 13 heteroatoms. The zero-order valence-corrected chi connectivity index (χ0v) is 19.4. The molecule has 5 N–H and O–H groups in total. The van der Waals surface area contributed by atoms with E-state index in [1.54, 1.807) is 21.9 Å². The minimum Gasteiger partial charge on any atom is -0.390 e. The summed E-state index contributed by atoms with van der Waals surface area (Å²) in [6.45, 7) is -0.335. The molecule has 33 heavy (non-hydrogen) atoms. The predicted molar refractivity (Wildman–Crippen MR) is 125 cm³/mol. The third-order valence-electron chi connectivity index (χ3n) is 5.73. The van der Waals surface area contributed by atoms with Gasteiger partial charge in [0.05, 0.1) is 24.4 Å². The van der Waals surface area contributed by atoms with Crippen LogP contribution in [0.2, 0.25) is 5.15 Å². The smallest absolute Gasteiger partial charge is 0.333 e. The van der Waals surface area contributed by atoms with Gasteiger partial charge >= 0.3 is 10.3 Å². The number of thiophene rings is 1. The van der Waals surface area contributed by atoms with Crippen molar-refractivity contribution in [1.82, 2.24) is 14.6 Å². The van der Waals surface area contributed by atoms with Crippen LogP contribution in [-0.4, -0.2) is 58.1 Å². The third-order valence-corrected chi connectivity index (χ3v) is 7.35. The summed E-state index contributed by atoms with van der Waals surface area (Å²) in [5, 5.41) is 37.0. The highest BCUT2D eigenvalue weighted by Gasteiger charge is 2.42. The monoisotopic (exact) mass is 509 g/mol. The van der Waals surface area contributed by atoms with Crippen molar-refractivity contribution < 1.29 is 22.8 Å². The molecule has 1 aliphatic rings. The average Bonchev–Trinajstić information content (AvgIpc) is 3.45. The van der Waals surface area contributed by atoms with Crippen LogP contribution in [0.1, 0.15) is 6.42 Å². The number of hydrogen-bond donors (Lipinski definition) is 4. The number of nitrogens with two attached hydrogens (primary N) is 1. The average molecular weight is 510 g/mol. The second-order valence-corrected chi connectivity index (χ2v) is 10.4. The molecule has 3 heterocycles. The Kier molecular flexibility index (Phi) is 5.77. The molecule has 0 amide bonds. The first-order valence-corrected chi connectivity index (χ1v) is 12.8. The van der Waals surface area contributed by atoms with Crippen molar-refractivity contribution in [3.8, 4) is 11.3 Å². The molecule has 4 aromatic rings. The number of aliphatic hydroxyl groups excluding tert-OH is 2. The van der Waals surface area contributed by atoms with Gasteiger partial charge in [0.25, 0.3) is 0 Å². The van der Waals surface area contributed by atoms with Gasteiger partial charge in [0.1, 0.15) is 17.1 Å². The highest BCUT2D eigenvalue weighted by molar-refractivity contribution is 7.84. The summed E-state index contributed by atoms with van der Waals surface area (Å²) in [4.78, 5) is 4.35. The fourth-order valence-corrected chi connectivity index (χ4v) is 5.65. The molecular weight excluding hydrogens is 490 g/mol. The lowest BCUT2D eigenvalue weighted by Crippen LogP contribution is -2.36. The van der Waals surface area contributed by atoms with Gasteiger partial charge in [-0.2, -0.15) is 18.0 Å². The van der Waals surface area contributed by atoms with Crippen LogP contribution in [0.4, 0.5) is 5.82 Å². The van der Waals surface area contributed by atoms with Crippen molar-refractivity contribution >= 4 is 54.8 Å². The van der Waals surface area contributed by atoms with Gasteiger partial charge in [0, 0.05) is 28.3 Å². The molecule has 5 rings (SSSR count). The fourth-order valence-electron chi connectivity index (χ4n) is 4.18. The van der Waals surface area contributed by atoms with E-state index >= 15 is 0 Å². The van der Waals surface area contributed by atoms with E-state index in [-0.39, 0.29) is 18.2 Å². The number of anilines is 1. The van der Waals surface area contributed by atoms with Crippen LogP contribution in [0.25, 0.3) is 27.0 Å². The first-order chi connectivity index (χ1) is 15.7. The van der Waals surface area contributed by atoms with Crippen molar-refractivity contribution in [1.29, 1.82) is 0 Å². The number of aromatic nitrogens is 3. The SMILES string of the molecule is NS(=O)(=O)OC[C@H]1C[C@@H](Nc2cc(Cl)nc3cc(-c4cccc5ccsc45)nn23)[C@H](O)[C@@H]1O. The van der Waals surface area contributed by atoms with E-state index < -0.39 is 34.5 Å². The lowest BCUT2D eigenvalue weighted by atomic mass is 10.1. The number of nitrogens with one attached hydrogen (secondary N) is 1. The van der Waals surface area contributed by atoms with Crippen molar-refractivity contribution in [2.75, 3.05) is 11.9 Å². The number of aliphatic hydroxyl groups is 2. The van der Waals surface area contributed by atoms with Gasteiger partial charge in [-0.3, -0.25) is 4.18 Å². The molecule has 0 bridgehead atoms. The molecule has 0 unspecified atom stereocenters. The van der Waals surface area contributed by atoms with Crippen molar-refractivity contribution in [2.24, 2.45) is 11.1 Å². The first-order valence-electron chi connectivity index (χ1n) is 10.0. The Bertz CT molecular complexity index is 1440. The van der Waals surface area contributed by atoms with E-state index in [2.05, 4.69) is 14.5 Å². The summed E-state index contributed by atoms with van der Waals surface area (Å²) < 4.78 is 29.5. The summed E-state index contributed by atoms with van der Waals surface area (Å²) >= 11 is 7.86. The van der Waals surface area contributed by atoms with E-state index in [9.17, 15) is 18.6 Å². The lowest BCUT2D eigenvalue weighted by molar-refractivity contribution is 0.00777. The number of fused-ring (bicyclic) bond motifs is 2. The maximum Gasteiger partial charge on any atom is 0.333 e. The zero-order valence-electron chi connectivity index (χ0n) is 17.0. The number of nitrogens with zero attached hydrogens (tertiary/aromatic N) is 3. The van der Waals surface area contributed by atoms with E-state index in [0.717, 1.165) is 15.6 Å².